The lowest BCUT2D eigenvalue weighted by atomic mass is 9.93. The van der Waals surface area contributed by atoms with Gasteiger partial charge in [0.2, 0.25) is 0 Å². The minimum atomic E-state index is 0.661. The fourth-order valence-corrected chi connectivity index (χ4v) is 3.18. The number of methoxy groups -OCH3 is 1. The molecule has 3 heterocycles. The number of H-pyrrole nitrogens is 1. The van der Waals surface area contributed by atoms with Gasteiger partial charge in [0.15, 0.2) is 0 Å². The molecule has 0 amide bonds. The molecule has 0 saturated carbocycles. The molecule has 23 heavy (non-hydrogen) atoms. The Morgan fingerprint density at radius 3 is 2.91 bits per heavy atom. The number of likely N-dealkylation sites (tertiary alicyclic amines) is 1. The third kappa shape index (κ3) is 4.36. The quantitative estimate of drug-likeness (QED) is 0.884. The van der Waals surface area contributed by atoms with E-state index >= 15 is 0 Å². The molecule has 1 aliphatic heterocycles. The van der Waals surface area contributed by atoms with E-state index in [1.807, 2.05) is 25.4 Å². The van der Waals surface area contributed by atoms with Crippen LogP contribution in [0.15, 0.2) is 18.5 Å². The van der Waals surface area contributed by atoms with Crippen LogP contribution < -0.4 is 0 Å². The van der Waals surface area contributed by atoms with Crippen molar-refractivity contribution in [3.05, 3.63) is 29.8 Å². The normalized spacial score (nSPS) is 19.1. The summed E-state index contributed by atoms with van der Waals surface area (Å²) < 4.78 is 5.18. The van der Waals surface area contributed by atoms with E-state index in [0.29, 0.717) is 5.92 Å². The minimum Gasteiger partial charge on any atom is -0.383 e. The number of aryl methyl sites for hydroxylation is 1. The van der Waals surface area contributed by atoms with Crippen molar-refractivity contribution in [1.29, 1.82) is 0 Å². The molecule has 0 unspecified atom stereocenters. The first kappa shape index (κ1) is 16.1. The summed E-state index contributed by atoms with van der Waals surface area (Å²) in [6.07, 6.45) is 7.25. The van der Waals surface area contributed by atoms with Gasteiger partial charge in [0, 0.05) is 32.1 Å². The van der Waals surface area contributed by atoms with Crippen LogP contribution in [0.4, 0.5) is 0 Å². The number of ether oxygens (including phenoxy) is 1. The second kappa shape index (κ2) is 7.66. The molecule has 0 spiro atoms. The number of piperidine rings is 1. The molecule has 0 radical (unpaired) electrons. The molecule has 0 bridgehead atoms. The van der Waals surface area contributed by atoms with Crippen LogP contribution in [0.5, 0.6) is 0 Å². The summed E-state index contributed by atoms with van der Waals surface area (Å²) in [6.45, 7) is 6.13. The maximum absolute atomic E-state index is 5.18. The average molecular weight is 315 g/mol. The number of nitrogens with one attached hydrogen (secondary N) is 1. The lowest BCUT2D eigenvalue weighted by Gasteiger charge is -2.32. The monoisotopic (exact) mass is 315 g/mol. The minimum absolute atomic E-state index is 0.661. The van der Waals surface area contributed by atoms with Gasteiger partial charge in [0.05, 0.1) is 18.5 Å². The Labute approximate surface area is 137 Å². The predicted molar refractivity (Wildman–Crippen MR) is 89.1 cm³/mol. The molecule has 2 aromatic rings. The Hall–Kier alpha value is -1.79. The maximum atomic E-state index is 5.18. The molecule has 1 N–H and O–H groups in total. The highest BCUT2D eigenvalue weighted by atomic mass is 16.5. The van der Waals surface area contributed by atoms with Gasteiger partial charge in [-0.15, -0.1) is 0 Å². The Kier molecular flexibility index (Phi) is 5.35. The van der Waals surface area contributed by atoms with Crippen LogP contribution in [-0.2, 0) is 11.2 Å². The van der Waals surface area contributed by atoms with E-state index in [-0.39, 0.29) is 0 Å². The molecule has 1 atom stereocenters. The number of nitrogens with zero attached hydrogens (tertiary/aromatic N) is 4. The molecule has 0 aromatic carbocycles. The summed E-state index contributed by atoms with van der Waals surface area (Å²) in [5.41, 5.74) is 3.78. The zero-order chi connectivity index (χ0) is 16.1. The highest BCUT2D eigenvalue weighted by Gasteiger charge is 2.20. The molecule has 1 aliphatic rings. The summed E-state index contributed by atoms with van der Waals surface area (Å²) in [4.78, 5) is 11.6. The average Bonchev–Trinajstić information content (AvgIpc) is 3.00. The van der Waals surface area contributed by atoms with Crippen molar-refractivity contribution in [3.8, 4) is 11.4 Å². The Morgan fingerprint density at radius 2 is 2.22 bits per heavy atom. The van der Waals surface area contributed by atoms with E-state index in [0.717, 1.165) is 48.9 Å². The van der Waals surface area contributed by atoms with Gasteiger partial charge in [-0.1, -0.05) is 0 Å². The van der Waals surface area contributed by atoms with Gasteiger partial charge in [0.1, 0.15) is 11.4 Å². The zero-order valence-corrected chi connectivity index (χ0v) is 14.0. The lowest BCUT2D eigenvalue weighted by Crippen LogP contribution is -2.38. The Bertz CT molecular complexity index is 610. The highest BCUT2D eigenvalue weighted by Crippen LogP contribution is 2.20. The van der Waals surface area contributed by atoms with E-state index < -0.39 is 0 Å². The van der Waals surface area contributed by atoms with Crippen molar-refractivity contribution in [2.45, 2.75) is 26.2 Å². The Morgan fingerprint density at radius 1 is 1.30 bits per heavy atom. The molecule has 1 fully saturated rings. The summed E-state index contributed by atoms with van der Waals surface area (Å²) in [5, 5.41) is 7.16. The molecule has 0 aliphatic carbocycles. The van der Waals surface area contributed by atoms with Crippen molar-refractivity contribution < 1.29 is 4.74 Å². The summed E-state index contributed by atoms with van der Waals surface area (Å²) in [5.74, 6) is 0.661. The van der Waals surface area contributed by atoms with E-state index in [2.05, 4.69) is 25.1 Å². The second-order valence-electron chi connectivity index (χ2n) is 6.33. The summed E-state index contributed by atoms with van der Waals surface area (Å²) in [7, 11) is 1.76. The van der Waals surface area contributed by atoms with Gasteiger partial charge in [-0.25, -0.2) is 0 Å². The van der Waals surface area contributed by atoms with E-state index in [4.69, 9.17) is 4.74 Å². The number of aromatic amines is 1. The number of aromatic nitrogens is 4. The highest BCUT2D eigenvalue weighted by molar-refractivity contribution is 5.52. The van der Waals surface area contributed by atoms with Crippen LogP contribution in [-0.4, -0.2) is 58.4 Å². The largest absolute Gasteiger partial charge is 0.383 e. The van der Waals surface area contributed by atoms with Crippen LogP contribution in [0.25, 0.3) is 11.4 Å². The smallest absolute Gasteiger partial charge is 0.112 e. The second-order valence-corrected chi connectivity index (χ2v) is 6.33. The van der Waals surface area contributed by atoms with Gasteiger partial charge in [-0.2, -0.15) is 5.10 Å². The van der Waals surface area contributed by atoms with Gasteiger partial charge >= 0.3 is 0 Å². The van der Waals surface area contributed by atoms with Gasteiger partial charge in [0.25, 0.3) is 0 Å². The number of hydrogen-bond donors (Lipinski definition) is 1. The fourth-order valence-electron chi connectivity index (χ4n) is 3.18. The zero-order valence-electron chi connectivity index (χ0n) is 14.0. The van der Waals surface area contributed by atoms with Crippen LogP contribution >= 0.6 is 0 Å². The van der Waals surface area contributed by atoms with E-state index in [1.165, 1.54) is 19.4 Å². The van der Waals surface area contributed by atoms with Gasteiger partial charge < -0.3 is 9.64 Å². The topological polar surface area (TPSA) is 66.9 Å². The molecule has 2 aromatic heterocycles. The molecule has 6 heteroatoms. The molecule has 124 valence electrons. The maximum Gasteiger partial charge on any atom is 0.112 e. The number of rotatable bonds is 6. The standard InChI is InChI=1S/C17H25N5O/c1-13-8-16(21-20-13)17-11-18-15(10-19-17)9-14-4-3-5-22(12-14)6-7-23-2/h8,10-11,14H,3-7,9,12H2,1-2H3,(H,20,21)/t14-/m0/s1. The van der Waals surface area contributed by atoms with Crippen molar-refractivity contribution in [3.63, 3.8) is 0 Å². The third-order valence-corrected chi connectivity index (χ3v) is 4.39. The predicted octanol–water partition coefficient (Wildman–Crippen LogP) is 2.08. The first-order chi connectivity index (χ1) is 11.2. The molecule has 1 saturated heterocycles. The number of hydrogen-bond acceptors (Lipinski definition) is 5. The van der Waals surface area contributed by atoms with E-state index in [1.54, 1.807) is 7.11 Å². The first-order valence-electron chi connectivity index (χ1n) is 8.29. The van der Waals surface area contributed by atoms with Crippen molar-refractivity contribution in [2.24, 2.45) is 5.92 Å². The third-order valence-electron chi connectivity index (χ3n) is 4.39. The summed E-state index contributed by atoms with van der Waals surface area (Å²) >= 11 is 0. The van der Waals surface area contributed by atoms with Crippen LogP contribution in [0.2, 0.25) is 0 Å². The molecular formula is C17H25N5O. The van der Waals surface area contributed by atoms with Gasteiger partial charge in [-0.05, 0) is 44.7 Å². The molecular weight excluding hydrogens is 290 g/mol. The van der Waals surface area contributed by atoms with Gasteiger partial charge in [-0.3, -0.25) is 15.1 Å². The lowest BCUT2D eigenvalue weighted by molar-refractivity contribution is 0.114. The summed E-state index contributed by atoms with van der Waals surface area (Å²) in [6, 6.07) is 1.98. The Balaban J connectivity index is 1.57. The molecule has 3 rings (SSSR count). The fraction of sp³-hybridized carbons (Fsp3) is 0.588. The van der Waals surface area contributed by atoms with Crippen molar-refractivity contribution in [1.82, 2.24) is 25.1 Å². The van der Waals surface area contributed by atoms with E-state index in [9.17, 15) is 0 Å². The SMILES string of the molecule is COCCN1CCC[C@@H](Cc2cnc(-c3cc(C)[nH]n3)cn2)C1. The van der Waals surface area contributed by atoms with Crippen molar-refractivity contribution >= 4 is 0 Å². The first-order valence-corrected chi connectivity index (χ1v) is 8.29. The van der Waals surface area contributed by atoms with Crippen LogP contribution in [0.3, 0.4) is 0 Å². The van der Waals surface area contributed by atoms with Crippen LogP contribution in [0, 0.1) is 12.8 Å². The van der Waals surface area contributed by atoms with Crippen LogP contribution in [0.1, 0.15) is 24.2 Å². The molecule has 6 nitrogen and oxygen atoms in total. The van der Waals surface area contributed by atoms with Crippen molar-refractivity contribution in [2.75, 3.05) is 33.4 Å².